The number of nitrogens with one attached hydrogen (secondary N) is 2. The highest BCUT2D eigenvalue weighted by atomic mass is 32.2. The van der Waals surface area contributed by atoms with Gasteiger partial charge in [0.2, 0.25) is 5.91 Å². The summed E-state index contributed by atoms with van der Waals surface area (Å²) in [6, 6.07) is -0.455. The van der Waals surface area contributed by atoms with Gasteiger partial charge in [0.15, 0.2) is 5.13 Å². The van der Waals surface area contributed by atoms with Crippen molar-refractivity contribution in [3.8, 4) is 0 Å². The molecule has 112 valence electrons. The lowest BCUT2D eigenvalue weighted by molar-refractivity contribution is -0.142. The molecule has 1 aromatic heterocycles. The number of thioether (sulfide) groups is 1. The number of hydrogen-bond donors (Lipinski definition) is 3. The monoisotopic (exact) mass is 318 g/mol. The second kappa shape index (κ2) is 8.90. The highest BCUT2D eigenvalue weighted by Gasteiger charge is 2.17. The van der Waals surface area contributed by atoms with Crippen molar-refractivity contribution in [2.75, 3.05) is 17.3 Å². The van der Waals surface area contributed by atoms with Gasteiger partial charge >= 0.3 is 5.97 Å². The molecule has 1 amide bonds. The van der Waals surface area contributed by atoms with Crippen LogP contribution in [0, 0.1) is 0 Å². The topological polar surface area (TPSA) is 106 Å². The minimum absolute atomic E-state index is 0.161. The fraction of sp³-hybridized carbons (Fsp3) is 0.545. The highest BCUT2D eigenvalue weighted by molar-refractivity contribution is 7.98. The van der Waals surface area contributed by atoms with Crippen LogP contribution < -0.4 is 16.6 Å². The van der Waals surface area contributed by atoms with Crippen molar-refractivity contribution in [2.24, 2.45) is 5.84 Å². The summed E-state index contributed by atoms with van der Waals surface area (Å²) in [5.74, 6) is 5.61. The second-order valence-electron chi connectivity index (χ2n) is 3.90. The van der Waals surface area contributed by atoms with Crippen molar-refractivity contribution in [1.29, 1.82) is 0 Å². The van der Waals surface area contributed by atoms with Crippen LogP contribution in [0.2, 0.25) is 0 Å². The maximum atomic E-state index is 11.9. The Hall–Kier alpha value is -1.16. The molecule has 1 aromatic rings. The largest absolute Gasteiger partial charge is 0.460 e. The van der Waals surface area contributed by atoms with E-state index in [2.05, 4.69) is 15.7 Å². The molecule has 4 N–H and O–H groups in total. The van der Waals surface area contributed by atoms with E-state index >= 15 is 0 Å². The van der Waals surface area contributed by atoms with Gasteiger partial charge in [-0.3, -0.25) is 15.4 Å². The summed E-state index contributed by atoms with van der Waals surface area (Å²) in [5.41, 5.74) is 2.49. The number of carbonyl (C=O) groups excluding carboxylic acids is 2. The molecule has 1 heterocycles. The number of thiazole rings is 1. The maximum absolute atomic E-state index is 11.9. The first-order valence-corrected chi connectivity index (χ1v) is 8.11. The summed E-state index contributed by atoms with van der Waals surface area (Å²) < 4.78 is 4.85. The van der Waals surface area contributed by atoms with E-state index in [4.69, 9.17) is 10.6 Å². The van der Waals surface area contributed by atoms with Crippen LogP contribution in [0.4, 0.5) is 5.13 Å². The number of aromatic nitrogens is 1. The molecule has 0 saturated carbocycles. The Morgan fingerprint density at radius 1 is 1.60 bits per heavy atom. The Morgan fingerprint density at radius 2 is 2.35 bits per heavy atom. The normalized spacial score (nSPS) is 11.9. The predicted octanol–water partition coefficient (Wildman–Crippen LogP) is 0.730. The smallest absolute Gasteiger partial charge is 0.302 e. The summed E-state index contributed by atoms with van der Waals surface area (Å²) >= 11 is 2.91. The SMILES string of the molecule is CSCCC(NN)C(=O)Nc1ncc(COC(C)=O)s1. The Bertz CT molecular complexity index is 453. The Morgan fingerprint density at radius 3 is 2.95 bits per heavy atom. The zero-order valence-corrected chi connectivity index (χ0v) is 13.0. The average molecular weight is 318 g/mol. The molecular weight excluding hydrogens is 300 g/mol. The summed E-state index contributed by atoms with van der Waals surface area (Å²) in [7, 11) is 0. The van der Waals surface area contributed by atoms with Gasteiger partial charge in [0.1, 0.15) is 12.6 Å². The number of nitrogens with two attached hydrogens (primary N) is 1. The van der Waals surface area contributed by atoms with Crippen LogP contribution in [0.5, 0.6) is 0 Å². The van der Waals surface area contributed by atoms with Crippen LogP contribution in [0.1, 0.15) is 18.2 Å². The van der Waals surface area contributed by atoms with E-state index in [-0.39, 0.29) is 18.5 Å². The number of nitrogens with zero attached hydrogens (tertiary/aromatic N) is 1. The van der Waals surface area contributed by atoms with E-state index in [0.29, 0.717) is 11.6 Å². The molecule has 1 atom stereocenters. The van der Waals surface area contributed by atoms with Gasteiger partial charge in [-0.15, -0.1) is 0 Å². The first-order valence-electron chi connectivity index (χ1n) is 5.90. The number of hydrazine groups is 1. The van der Waals surface area contributed by atoms with Crippen molar-refractivity contribution in [1.82, 2.24) is 10.4 Å². The molecule has 0 aliphatic carbocycles. The summed E-state index contributed by atoms with van der Waals surface area (Å²) in [4.78, 5) is 27.5. The van der Waals surface area contributed by atoms with Gasteiger partial charge in [-0.05, 0) is 18.4 Å². The minimum atomic E-state index is -0.455. The van der Waals surface area contributed by atoms with Crippen LogP contribution in [0.15, 0.2) is 6.20 Å². The molecule has 1 rings (SSSR count). The van der Waals surface area contributed by atoms with Gasteiger partial charge in [-0.25, -0.2) is 10.4 Å². The first kappa shape index (κ1) is 16.9. The van der Waals surface area contributed by atoms with Crippen LogP contribution in [0.3, 0.4) is 0 Å². The number of carbonyl (C=O) groups is 2. The van der Waals surface area contributed by atoms with Crippen LogP contribution in [-0.2, 0) is 20.9 Å². The molecule has 7 nitrogen and oxygen atoms in total. The molecule has 0 aromatic carbocycles. The lowest BCUT2D eigenvalue weighted by Gasteiger charge is -2.13. The molecule has 9 heteroatoms. The molecule has 0 bridgehead atoms. The number of ether oxygens (including phenoxy) is 1. The number of anilines is 1. The Balaban J connectivity index is 2.50. The van der Waals surface area contributed by atoms with Crippen molar-refractivity contribution < 1.29 is 14.3 Å². The zero-order valence-electron chi connectivity index (χ0n) is 11.3. The fourth-order valence-electron chi connectivity index (χ4n) is 1.32. The molecule has 0 spiro atoms. The molecule has 0 aliphatic heterocycles. The molecule has 0 saturated heterocycles. The molecular formula is C11H18N4O3S2. The fourth-order valence-corrected chi connectivity index (χ4v) is 2.52. The van der Waals surface area contributed by atoms with Crippen LogP contribution >= 0.6 is 23.1 Å². The van der Waals surface area contributed by atoms with E-state index in [0.717, 1.165) is 10.6 Å². The number of esters is 1. The van der Waals surface area contributed by atoms with Crippen molar-refractivity contribution in [2.45, 2.75) is 26.0 Å². The van der Waals surface area contributed by atoms with E-state index in [1.165, 1.54) is 18.3 Å². The molecule has 1 unspecified atom stereocenters. The third-order valence-corrected chi connectivity index (χ3v) is 3.86. The maximum Gasteiger partial charge on any atom is 0.302 e. The van der Waals surface area contributed by atoms with E-state index in [9.17, 15) is 9.59 Å². The van der Waals surface area contributed by atoms with Gasteiger partial charge in [0, 0.05) is 13.1 Å². The second-order valence-corrected chi connectivity index (χ2v) is 6.00. The highest BCUT2D eigenvalue weighted by Crippen LogP contribution is 2.19. The van der Waals surface area contributed by atoms with Crippen LogP contribution in [-0.4, -0.2) is 34.9 Å². The van der Waals surface area contributed by atoms with Gasteiger partial charge in [0.05, 0.1) is 4.88 Å². The van der Waals surface area contributed by atoms with E-state index in [1.807, 2.05) is 6.26 Å². The van der Waals surface area contributed by atoms with Gasteiger partial charge < -0.3 is 10.1 Å². The average Bonchev–Trinajstić information content (AvgIpc) is 2.85. The first-order chi connectivity index (χ1) is 9.56. The van der Waals surface area contributed by atoms with Crippen LogP contribution in [0.25, 0.3) is 0 Å². The Kier molecular flexibility index (Phi) is 7.52. The molecule has 0 fully saturated rings. The van der Waals surface area contributed by atoms with Crippen molar-refractivity contribution in [3.63, 3.8) is 0 Å². The number of hydrogen-bond acceptors (Lipinski definition) is 8. The van der Waals surface area contributed by atoms with Crippen molar-refractivity contribution in [3.05, 3.63) is 11.1 Å². The van der Waals surface area contributed by atoms with Crippen molar-refractivity contribution >= 4 is 40.1 Å². The third kappa shape index (κ3) is 5.87. The van der Waals surface area contributed by atoms with Gasteiger partial charge in [-0.2, -0.15) is 11.8 Å². The summed E-state index contributed by atoms with van der Waals surface area (Å²) in [5, 5.41) is 3.15. The number of amides is 1. The summed E-state index contributed by atoms with van der Waals surface area (Å²) in [6.45, 7) is 1.50. The number of rotatable bonds is 8. The minimum Gasteiger partial charge on any atom is -0.460 e. The predicted molar refractivity (Wildman–Crippen MR) is 80.3 cm³/mol. The Labute approximate surface area is 125 Å². The van der Waals surface area contributed by atoms with E-state index < -0.39 is 6.04 Å². The lowest BCUT2D eigenvalue weighted by atomic mass is 10.2. The molecule has 0 radical (unpaired) electrons. The third-order valence-electron chi connectivity index (χ3n) is 2.33. The zero-order chi connectivity index (χ0) is 15.0. The standard InChI is InChI=1S/C11H18N4O3S2/c1-7(16)18-6-8-5-13-11(20-8)14-10(17)9(15-12)3-4-19-2/h5,9,15H,3-4,6,12H2,1-2H3,(H,13,14,17). The summed E-state index contributed by atoms with van der Waals surface area (Å²) in [6.07, 6.45) is 4.17. The quantitative estimate of drug-likeness (QED) is 0.368. The molecule has 0 aliphatic rings. The lowest BCUT2D eigenvalue weighted by Crippen LogP contribution is -2.44. The van der Waals surface area contributed by atoms with E-state index in [1.54, 1.807) is 18.0 Å². The molecule has 20 heavy (non-hydrogen) atoms. The van der Waals surface area contributed by atoms with Gasteiger partial charge in [0.25, 0.3) is 0 Å². The van der Waals surface area contributed by atoms with Gasteiger partial charge in [-0.1, -0.05) is 11.3 Å².